The van der Waals surface area contributed by atoms with E-state index in [1.165, 1.54) is 69.2 Å². The van der Waals surface area contributed by atoms with Crippen LogP contribution in [0, 0.1) is 23.3 Å². The molecule has 0 amide bonds. The Bertz CT molecular complexity index is 2560. The highest BCUT2D eigenvalue weighted by Crippen LogP contribution is 2.35. The number of nitrogens with zero attached hydrogens (tertiary/aromatic N) is 3. The Kier molecular flexibility index (Phi) is 18.0. The molecule has 1 N–H and O–H groups in total. The van der Waals surface area contributed by atoms with Crippen LogP contribution in [0.3, 0.4) is 0 Å². The molecule has 2 saturated heterocycles. The van der Waals surface area contributed by atoms with Crippen molar-refractivity contribution in [2.75, 3.05) is 49.0 Å². The predicted octanol–water partition coefficient (Wildman–Crippen LogP) is 8.67. The monoisotopic (exact) mass is 1010 g/mol. The minimum atomic E-state index is -3.92. The minimum absolute atomic E-state index is 0. The van der Waals surface area contributed by atoms with Gasteiger partial charge in [0.05, 0.1) is 70.4 Å². The molecular formula is C44H49Cl3F4N4O8S2. The van der Waals surface area contributed by atoms with Gasteiger partial charge in [-0.25, -0.2) is 44.0 Å². The zero-order valence-electron chi connectivity index (χ0n) is 35.5. The molecule has 2 heterocycles. The number of esters is 2. The van der Waals surface area contributed by atoms with E-state index in [1.54, 1.807) is 0 Å². The van der Waals surface area contributed by atoms with Crippen LogP contribution in [0.5, 0.6) is 0 Å². The van der Waals surface area contributed by atoms with E-state index in [0.29, 0.717) is 57.9 Å². The zero-order valence-corrected chi connectivity index (χ0v) is 39.4. The first-order valence-corrected chi connectivity index (χ1v) is 24.3. The molecule has 0 radical (unpaired) electrons. The van der Waals surface area contributed by atoms with Crippen molar-refractivity contribution in [3.8, 4) is 0 Å². The molecular weight excluding hydrogens is 959 g/mol. The number of hydrogen-bond acceptors (Lipinski definition) is 10. The summed E-state index contributed by atoms with van der Waals surface area (Å²) in [4.78, 5) is 25.7. The number of carbonyl (C=O) groups is 2. The number of carbonyl (C=O) groups excluding carboxylic acids is 2. The average Bonchev–Trinajstić information content (AvgIpc) is 3.27. The number of nitrogens with one attached hydrogen (secondary N) is 1. The van der Waals surface area contributed by atoms with Crippen LogP contribution in [0.1, 0.15) is 76.8 Å². The van der Waals surface area contributed by atoms with E-state index in [4.69, 9.17) is 23.2 Å². The first-order chi connectivity index (χ1) is 30.4. The summed E-state index contributed by atoms with van der Waals surface area (Å²) in [6, 6.07) is 15.2. The van der Waals surface area contributed by atoms with Crippen molar-refractivity contribution >= 4 is 79.0 Å². The van der Waals surface area contributed by atoms with Crippen LogP contribution in [0.25, 0.3) is 0 Å². The van der Waals surface area contributed by atoms with Gasteiger partial charge in [0.2, 0.25) is 20.0 Å². The molecule has 0 atom stereocenters. The average molecular weight is 1010 g/mol. The Hall–Kier alpha value is -4.17. The van der Waals surface area contributed by atoms with Crippen molar-refractivity contribution in [1.82, 2.24) is 10.2 Å². The van der Waals surface area contributed by atoms with E-state index in [0.717, 1.165) is 45.7 Å². The van der Waals surface area contributed by atoms with Crippen molar-refractivity contribution in [3.63, 3.8) is 0 Å². The smallest absolute Gasteiger partial charge is 0.337 e. The van der Waals surface area contributed by atoms with Gasteiger partial charge in [0.25, 0.3) is 0 Å². The summed E-state index contributed by atoms with van der Waals surface area (Å²) in [6.07, 6.45) is 5.25. The molecule has 12 nitrogen and oxygen atoms in total. The van der Waals surface area contributed by atoms with E-state index in [1.807, 2.05) is 0 Å². The van der Waals surface area contributed by atoms with E-state index < -0.39 is 65.8 Å². The van der Waals surface area contributed by atoms with E-state index in [9.17, 15) is 44.0 Å². The summed E-state index contributed by atoms with van der Waals surface area (Å²) in [7, 11) is -5.45. The number of likely N-dealkylation sites (tertiary alicyclic amines) is 1. The SMILES string of the molecule is COC(=O)c1ccc(CN(c2ccc(F)c(Cl)c2)S(=O)(=O)C2CCN(C3CCC3)CC2)c(F)c1.COC(=O)c1ccc(CN(c2ccc(F)c(Cl)c2)S(=O)(=O)C2CCNCC2)c(F)c1.Cl. The Labute approximate surface area is 392 Å². The fourth-order valence-electron chi connectivity index (χ4n) is 7.83. The summed E-state index contributed by atoms with van der Waals surface area (Å²) in [5.74, 6) is -4.26. The fourth-order valence-corrected chi connectivity index (χ4v) is 12.0. The number of sulfonamides is 2. The number of benzene rings is 4. The second-order valence-electron chi connectivity index (χ2n) is 15.7. The summed E-state index contributed by atoms with van der Waals surface area (Å²) in [6.45, 7) is 1.82. The molecule has 1 aliphatic carbocycles. The van der Waals surface area contributed by atoms with Crippen LogP contribution in [0.15, 0.2) is 72.8 Å². The molecule has 3 aliphatic rings. The number of ether oxygens (including phenoxy) is 2. The maximum atomic E-state index is 14.9. The highest BCUT2D eigenvalue weighted by Gasteiger charge is 2.38. The lowest BCUT2D eigenvalue weighted by molar-refractivity contribution is 0.0591. The van der Waals surface area contributed by atoms with Gasteiger partial charge >= 0.3 is 11.9 Å². The Morgan fingerprint density at radius 2 is 1.05 bits per heavy atom. The third-order valence-electron chi connectivity index (χ3n) is 11.8. The third-order valence-corrected chi connectivity index (χ3v) is 16.9. The number of rotatable bonds is 13. The van der Waals surface area contributed by atoms with Gasteiger partial charge in [-0.15, -0.1) is 12.4 Å². The largest absolute Gasteiger partial charge is 0.465 e. The molecule has 21 heteroatoms. The zero-order chi connectivity index (χ0) is 46.3. The maximum absolute atomic E-state index is 14.9. The van der Waals surface area contributed by atoms with Crippen LogP contribution in [-0.2, 0) is 42.6 Å². The van der Waals surface area contributed by atoms with Crippen LogP contribution < -0.4 is 13.9 Å². The lowest BCUT2D eigenvalue weighted by Gasteiger charge is -2.42. The third kappa shape index (κ3) is 12.2. The first-order valence-electron chi connectivity index (χ1n) is 20.6. The Morgan fingerprint density at radius 1 is 0.631 bits per heavy atom. The van der Waals surface area contributed by atoms with E-state index in [2.05, 4.69) is 19.7 Å². The van der Waals surface area contributed by atoms with Crippen LogP contribution in [0.2, 0.25) is 10.0 Å². The number of halogens is 7. The second-order valence-corrected chi connectivity index (χ2v) is 20.8. The first kappa shape index (κ1) is 51.8. The molecule has 0 spiro atoms. The van der Waals surface area contributed by atoms with Crippen molar-refractivity contribution in [2.24, 2.45) is 0 Å². The number of anilines is 2. The maximum Gasteiger partial charge on any atom is 0.337 e. The predicted molar refractivity (Wildman–Crippen MR) is 244 cm³/mol. The van der Waals surface area contributed by atoms with Crippen LogP contribution >= 0.6 is 35.6 Å². The normalized spacial score (nSPS) is 16.3. The fraction of sp³-hybridized carbons (Fsp3) is 0.409. The van der Waals surface area contributed by atoms with Gasteiger partial charge in [0.1, 0.15) is 23.3 Å². The Balaban J connectivity index is 0.000000242. The lowest BCUT2D eigenvalue weighted by Crippen LogP contribution is -2.49. The molecule has 0 unspecified atom stereocenters. The van der Waals surface area contributed by atoms with Crippen LogP contribution in [-0.4, -0.2) is 90.6 Å². The number of hydrogen-bond donors (Lipinski definition) is 1. The molecule has 65 heavy (non-hydrogen) atoms. The topological polar surface area (TPSA) is 143 Å². The minimum Gasteiger partial charge on any atom is -0.465 e. The van der Waals surface area contributed by atoms with Crippen molar-refractivity contribution in [2.45, 2.75) is 74.6 Å². The molecule has 0 aromatic heterocycles. The van der Waals surface area contributed by atoms with Gasteiger partial charge in [0, 0.05) is 17.2 Å². The van der Waals surface area contributed by atoms with Crippen molar-refractivity contribution < 1.29 is 53.5 Å². The molecule has 4 aromatic carbocycles. The summed E-state index contributed by atoms with van der Waals surface area (Å²) in [5.41, 5.74) is 0.451. The molecule has 3 fully saturated rings. The number of methoxy groups -OCH3 is 2. The van der Waals surface area contributed by atoms with Gasteiger partial charge in [0.15, 0.2) is 0 Å². The lowest BCUT2D eigenvalue weighted by atomic mass is 9.90. The second kappa shape index (κ2) is 22.5. The van der Waals surface area contributed by atoms with Crippen molar-refractivity contribution in [3.05, 3.63) is 128 Å². The van der Waals surface area contributed by atoms with Gasteiger partial charge in [-0.05, 0) is 125 Å². The van der Waals surface area contributed by atoms with Crippen molar-refractivity contribution in [1.29, 1.82) is 0 Å². The van der Waals surface area contributed by atoms with Crippen LogP contribution in [0.4, 0.5) is 28.9 Å². The summed E-state index contributed by atoms with van der Waals surface area (Å²) >= 11 is 11.8. The summed E-state index contributed by atoms with van der Waals surface area (Å²) in [5, 5.41) is 1.33. The molecule has 7 rings (SSSR count). The highest BCUT2D eigenvalue weighted by atomic mass is 35.5. The van der Waals surface area contributed by atoms with E-state index in [-0.39, 0.29) is 69.2 Å². The molecule has 354 valence electrons. The van der Waals surface area contributed by atoms with Gasteiger partial charge in [-0.1, -0.05) is 41.8 Å². The molecule has 4 aromatic rings. The standard InChI is InChI=1S/C24H27ClF2N2O4S.C20H21ClF2N2O4S.ClH/c1-33-24(30)16-5-6-17(23(27)13-16)15-29(19-7-8-22(26)21(25)14-19)34(31,32)20-9-11-28(12-10-20)18-3-2-4-18;1-29-20(26)13-2-3-14(19(23)10-13)12-25(15-4-5-18(22)17(21)11-15)30(27,28)16-6-8-24-9-7-16;/h5-8,13-14,18,20H,2-4,9-12,15H2,1H3;2-5,10-11,16,24H,6-9,12H2,1H3;1H. The number of piperidine rings is 2. The Morgan fingerprint density at radius 3 is 1.40 bits per heavy atom. The van der Waals surface area contributed by atoms with Gasteiger partial charge in [-0.2, -0.15) is 0 Å². The van der Waals surface area contributed by atoms with Gasteiger partial charge < -0.3 is 19.7 Å². The van der Waals surface area contributed by atoms with Gasteiger partial charge in [-0.3, -0.25) is 8.61 Å². The molecule has 2 aliphatic heterocycles. The summed E-state index contributed by atoms with van der Waals surface area (Å²) < 4.78 is 123. The molecule has 1 saturated carbocycles. The van der Waals surface area contributed by atoms with E-state index >= 15 is 0 Å². The quantitative estimate of drug-likeness (QED) is 0.102. The molecule has 0 bridgehead atoms. The highest BCUT2D eigenvalue weighted by molar-refractivity contribution is 7.93.